The molecule has 1 heterocycles. The van der Waals surface area contributed by atoms with Crippen molar-refractivity contribution >= 4 is 10.9 Å². The SMILES string of the molecule is CCc1ccc(Cc2cccc3[c]cn(C)c23)cc1. The van der Waals surface area contributed by atoms with E-state index in [2.05, 4.69) is 67.1 Å². The molecular weight excluding hydrogens is 230 g/mol. The van der Waals surface area contributed by atoms with Crippen molar-refractivity contribution in [3.05, 3.63) is 71.4 Å². The molecule has 0 aliphatic rings. The second-order valence-electron chi connectivity index (χ2n) is 5.04. The fraction of sp³-hybridized carbons (Fsp3) is 0.222. The molecule has 1 heteroatoms. The van der Waals surface area contributed by atoms with Crippen LogP contribution in [0.1, 0.15) is 23.6 Å². The molecule has 0 bridgehead atoms. The van der Waals surface area contributed by atoms with Gasteiger partial charge in [0.15, 0.2) is 0 Å². The zero-order chi connectivity index (χ0) is 13.2. The first-order valence-electron chi connectivity index (χ1n) is 6.80. The third-order valence-corrected chi connectivity index (χ3v) is 3.71. The van der Waals surface area contributed by atoms with Crippen molar-refractivity contribution in [1.82, 2.24) is 4.57 Å². The maximum absolute atomic E-state index is 3.30. The first-order valence-corrected chi connectivity index (χ1v) is 6.80. The fourth-order valence-electron chi connectivity index (χ4n) is 2.61. The molecule has 0 atom stereocenters. The highest BCUT2D eigenvalue weighted by Gasteiger charge is 2.05. The Balaban J connectivity index is 1.98. The van der Waals surface area contributed by atoms with E-state index >= 15 is 0 Å². The lowest BCUT2D eigenvalue weighted by Gasteiger charge is -2.07. The zero-order valence-corrected chi connectivity index (χ0v) is 11.5. The Kier molecular flexibility index (Phi) is 3.12. The first kappa shape index (κ1) is 12.0. The monoisotopic (exact) mass is 248 g/mol. The molecule has 0 spiro atoms. The van der Waals surface area contributed by atoms with Gasteiger partial charge in [0, 0.05) is 24.7 Å². The van der Waals surface area contributed by atoms with Crippen molar-refractivity contribution < 1.29 is 0 Å². The molecule has 0 aliphatic carbocycles. The third kappa shape index (κ3) is 2.28. The third-order valence-electron chi connectivity index (χ3n) is 3.71. The Morgan fingerprint density at radius 1 is 1.00 bits per heavy atom. The van der Waals surface area contributed by atoms with Crippen LogP contribution in [0.4, 0.5) is 0 Å². The molecular formula is C18H18N. The van der Waals surface area contributed by atoms with E-state index in [1.54, 1.807) is 0 Å². The molecule has 2 aromatic carbocycles. The van der Waals surface area contributed by atoms with Crippen LogP contribution >= 0.6 is 0 Å². The van der Waals surface area contributed by atoms with Crippen molar-refractivity contribution in [3.63, 3.8) is 0 Å². The average Bonchev–Trinajstić information content (AvgIpc) is 2.83. The van der Waals surface area contributed by atoms with E-state index in [1.807, 2.05) is 6.20 Å². The van der Waals surface area contributed by atoms with E-state index < -0.39 is 0 Å². The Hall–Kier alpha value is -2.02. The van der Waals surface area contributed by atoms with Crippen molar-refractivity contribution in [3.8, 4) is 0 Å². The number of rotatable bonds is 3. The summed E-state index contributed by atoms with van der Waals surface area (Å²) in [6.07, 6.45) is 4.09. The quantitative estimate of drug-likeness (QED) is 0.656. The van der Waals surface area contributed by atoms with Crippen LogP contribution in [0.25, 0.3) is 10.9 Å². The van der Waals surface area contributed by atoms with Crippen molar-refractivity contribution in [2.45, 2.75) is 19.8 Å². The summed E-state index contributed by atoms with van der Waals surface area (Å²) in [6, 6.07) is 18.7. The summed E-state index contributed by atoms with van der Waals surface area (Å²) < 4.78 is 2.16. The molecule has 3 rings (SSSR count). The lowest BCUT2D eigenvalue weighted by atomic mass is 10.0. The summed E-state index contributed by atoms with van der Waals surface area (Å²) in [7, 11) is 2.09. The molecule has 0 saturated heterocycles. The van der Waals surface area contributed by atoms with Crippen molar-refractivity contribution in [2.75, 3.05) is 0 Å². The molecule has 1 aromatic heterocycles. The topological polar surface area (TPSA) is 4.93 Å². The second kappa shape index (κ2) is 4.93. The normalized spacial score (nSPS) is 11.1. The van der Waals surface area contributed by atoms with Crippen LogP contribution in [0.5, 0.6) is 0 Å². The van der Waals surface area contributed by atoms with E-state index in [0.717, 1.165) is 12.8 Å². The summed E-state index contributed by atoms with van der Waals surface area (Å²) in [5.74, 6) is 0. The van der Waals surface area contributed by atoms with Crippen LogP contribution in [0.3, 0.4) is 0 Å². The van der Waals surface area contributed by atoms with Crippen LogP contribution in [-0.2, 0) is 19.9 Å². The van der Waals surface area contributed by atoms with Crippen LogP contribution in [0, 0.1) is 6.07 Å². The van der Waals surface area contributed by atoms with E-state index in [1.165, 1.54) is 27.6 Å². The van der Waals surface area contributed by atoms with Crippen LogP contribution in [-0.4, -0.2) is 4.57 Å². The number of hydrogen-bond donors (Lipinski definition) is 0. The van der Waals surface area contributed by atoms with E-state index in [9.17, 15) is 0 Å². The van der Waals surface area contributed by atoms with Gasteiger partial charge in [-0.1, -0.05) is 49.4 Å². The molecule has 1 radical (unpaired) electrons. The Morgan fingerprint density at radius 3 is 2.47 bits per heavy atom. The molecule has 0 fully saturated rings. The lowest BCUT2D eigenvalue weighted by Crippen LogP contribution is -1.94. The highest BCUT2D eigenvalue weighted by molar-refractivity contribution is 5.83. The number of hydrogen-bond acceptors (Lipinski definition) is 0. The minimum absolute atomic E-state index is 0.979. The van der Waals surface area contributed by atoms with Gasteiger partial charge in [-0.3, -0.25) is 0 Å². The number of para-hydroxylation sites is 1. The van der Waals surface area contributed by atoms with Gasteiger partial charge in [-0.05, 0) is 29.5 Å². The first-order chi connectivity index (χ1) is 9.28. The number of benzene rings is 2. The van der Waals surface area contributed by atoms with E-state index in [4.69, 9.17) is 0 Å². The van der Waals surface area contributed by atoms with Gasteiger partial charge in [-0.2, -0.15) is 0 Å². The smallest absolute Gasteiger partial charge is 0.0520 e. The van der Waals surface area contributed by atoms with Gasteiger partial charge in [0.1, 0.15) is 0 Å². The molecule has 0 aliphatic heterocycles. The number of aromatic nitrogens is 1. The summed E-state index contributed by atoms with van der Waals surface area (Å²) in [6.45, 7) is 2.19. The van der Waals surface area contributed by atoms with E-state index in [0.29, 0.717) is 0 Å². The molecule has 1 nitrogen and oxygen atoms in total. The van der Waals surface area contributed by atoms with Gasteiger partial charge < -0.3 is 4.57 Å². The van der Waals surface area contributed by atoms with Gasteiger partial charge >= 0.3 is 0 Å². The van der Waals surface area contributed by atoms with E-state index in [-0.39, 0.29) is 0 Å². The number of nitrogens with zero attached hydrogens (tertiary/aromatic N) is 1. The highest BCUT2D eigenvalue weighted by atomic mass is 14.9. The predicted octanol–water partition coefficient (Wildman–Crippen LogP) is 4.13. The molecule has 0 unspecified atom stereocenters. The molecule has 0 amide bonds. The largest absolute Gasteiger partial charge is 0.350 e. The van der Waals surface area contributed by atoms with Crippen LogP contribution in [0.15, 0.2) is 48.7 Å². The minimum Gasteiger partial charge on any atom is -0.350 e. The Bertz CT molecular complexity index is 689. The summed E-state index contributed by atoms with van der Waals surface area (Å²) >= 11 is 0. The molecule has 0 saturated carbocycles. The minimum atomic E-state index is 0.979. The zero-order valence-electron chi connectivity index (χ0n) is 11.5. The number of fused-ring (bicyclic) bond motifs is 1. The van der Waals surface area contributed by atoms with Gasteiger partial charge in [-0.25, -0.2) is 0 Å². The van der Waals surface area contributed by atoms with Gasteiger partial charge in [0.25, 0.3) is 0 Å². The summed E-state index contributed by atoms with van der Waals surface area (Å²) in [4.78, 5) is 0. The fourth-order valence-corrected chi connectivity index (χ4v) is 2.61. The summed E-state index contributed by atoms with van der Waals surface area (Å²) in [5.41, 5.74) is 5.42. The Labute approximate surface area is 114 Å². The van der Waals surface area contributed by atoms with Crippen LogP contribution < -0.4 is 0 Å². The van der Waals surface area contributed by atoms with Gasteiger partial charge in [-0.15, -0.1) is 0 Å². The standard InChI is InChI=1S/C18H18N/c1-3-14-7-9-15(10-8-14)13-17-6-4-5-16-11-12-19(2)18(16)17/h4-10,12H,3,13H2,1-2H3. The molecule has 95 valence electrons. The average molecular weight is 248 g/mol. The lowest BCUT2D eigenvalue weighted by molar-refractivity contribution is 0.957. The molecule has 3 aromatic rings. The predicted molar refractivity (Wildman–Crippen MR) is 80.4 cm³/mol. The number of aryl methyl sites for hydroxylation is 2. The summed E-state index contributed by atoms with van der Waals surface area (Å²) in [5, 5.41) is 1.20. The van der Waals surface area contributed by atoms with Crippen molar-refractivity contribution in [2.24, 2.45) is 7.05 Å². The highest BCUT2D eigenvalue weighted by Crippen LogP contribution is 2.21. The van der Waals surface area contributed by atoms with Crippen molar-refractivity contribution in [1.29, 1.82) is 0 Å². The second-order valence-corrected chi connectivity index (χ2v) is 5.04. The maximum atomic E-state index is 3.30. The molecule has 0 N–H and O–H groups in total. The Morgan fingerprint density at radius 2 is 1.74 bits per heavy atom. The maximum Gasteiger partial charge on any atom is 0.0520 e. The van der Waals surface area contributed by atoms with Crippen LogP contribution in [0.2, 0.25) is 0 Å². The van der Waals surface area contributed by atoms with Gasteiger partial charge in [0.2, 0.25) is 0 Å². The van der Waals surface area contributed by atoms with Gasteiger partial charge in [0.05, 0.1) is 5.52 Å². The molecule has 19 heavy (non-hydrogen) atoms.